The molecule has 330 valence electrons. The van der Waals surface area contributed by atoms with Gasteiger partial charge in [-0.2, -0.15) is 0 Å². The number of rotatable bonds is 10. The third kappa shape index (κ3) is 7.02. The standard InChI is InChI=1S/C64H54N4/c1-6-45(49-22-23-51-38-52(25-24-50(51)37-49)64-65-32-33-66(64)63-43(4)34-41(2)35-44(63)5)36-42(3)47-28-31-62-58(40-47)57-18-9-12-21-61(57)67(62)53-29-26-46(27-30-53)48-14-13-15-54(39-48)68-59-19-10-7-16-55(59)56-17-8-11-20-60(56)68/h7-35,37-40,42,45H,6,36H2,1-5H3. The van der Waals surface area contributed by atoms with Crippen molar-refractivity contribution in [3.63, 3.8) is 0 Å². The van der Waals surface area contributed by atoms with Crippen molar-refractivity contribution in [1.82, 2.24) is 18.7 Å². The van der Waals surface area contributed by atoms with Gasteiger partial charge in [0.25, 0.3) is 0 Å². The number of aryl methyl sites for hydroxylation is 3. The Morgan fingerprint density at radius 2 is 1.06 bits per heavy atom. The SMILES string of the molecule is CCC(CC(C)c1ccc2c(c1)c1ccccc1n2-c1ccc(-c2cccc(-n3c4ccccc4c4ccccc43)c2)cc1)c1ccc2cc(-c3nccn3-c3c(C)cc(C)cc3C)ccc2c1. The summed E-state index contributed by atoms with van der Waals surface area (Å²) in [6, 6.07) is 70.0. The van der Waals surface area contributed by atoms with E-state index >= 15 is 0 Å². The Balaban J connectivity index is 0.813. The van der Waals surface area contributed by atoms with E-state index < -0.39 is 0 Å². The molecule has 0 aliphatic carbocycles. The van der Waals surface area contributed by atoms with Gasteiger partial charge in [-0.15, -0.1) is 0 Å². The molecule has 0 fully saturated rings. The number of para-hydroxylation sites is 3. The lowest BCUT2D eigenvalue weighted by molar-refractivity contribution is 0.545. The van der Waals surface area contributed by atoms with E-state index in [0.717, 1.165) is 35.6 Å². The zero-order valence-corrected chi connectivity index (χ0v) is 39.4. The van der Waals surface area contributed by atoms with E-state index in [1.807, 2.05) is 6.20 Å². The van der Waals surface area contributed by atoms with Gasteiger partial charge in [-0.3, -0.25) is 4.57 Å². The molecule has 3 aromatic heterocycles. The van der Waals surface area contributed by atoms with Crippen molar-refractivity contribution in [2.75, 3.05) is 0 Å². The predicted octanol–water partition coefficient (Wildman–Crippen LogP) is 17.2. The summed E-state index contributed by atoms with van der Waals surface area (Å²) < 4.78 is 7.07. The Bertz CT molecular complexity index is 3800. The smallest absolute Gasteiger partial charge is 0.144 e. The number of benzene rings is 9. The first-order chi connectivity index (χ1) is 33.3. The van der Waals surface area contributed by atoms with Crippen molar-refractivity contribution < 1.29 is 0 Å². The lowest BCUT2D eigenvalue weighted by atomic mass is 9.83. The fourth-order valence-corrected chi connectivity index (χ4v) is 11.4. The van der Waals surface area contributed by atoms with Gasteiger partial charge in [0.15, 0.2) is 0 Å². The van der Waals surface area contributed by atoms with Crippen molar-refractivity contribution in [2.24, 2.45) is 0 Å². The van der Waals surface area contributed by atoms with Crippen LogP contribution in [0.5, 0.6) is 0 Å². The molecule has 0 aliphatic rings. The summed E-state index contributed by atoms with van der Waals surface area (Å²) in [5.74, 6) is 1.80. The van der Waals surface area contributed by atoms with Crippen LogP contribution in [0, 0.1) is 20.8 Å². The van der Waals surface area contributed by atoms with Gasteiger partial charge in [-0.05, 0) is 150 Å². The van der Waals surface area contributed by atoms with E-state index in [0.29, 0.717) is 11.8 Å². The molecule has 0 saturated carbocycles. The monoisotopic (exact) mass is 878 g/mol. The summed E-state index contributed by atoms with van der Waals surface area (Å²) in [5.41, 5.74) is 18.6. The van der Waals surface area contributed by atoms with Gasteiger partial charge < -0.3 is 9.13 Å². The zero-order valence-electron chi connectivity index (χ0n) is 39.4. The minimum absolute atomic E-state index is 0.384. The predicted molar refractivity (Wildman–Crippen MR) is 287 cm³/mol. The first-order valence-corrected chi connectivity index (χ1v) is 24.2. The maximum absolute atomic E-state index is 4.84. The van der Waals surface area contributed by atoms with E-state index in [9.17, 15) is 0 Å². The molecule has 0 saturated heterocycles. The molecular formula is C64H54N4. The number of hydrogen-bond donors (Lipinski definition) is 0. The summed E-state index contributed by atoms with van der Waals surface area (Å²) in [4.78, 5) is 4.84. The minimum Gasteiger partial charge on any atom is -0.309 e. The number of hydrogen-bond acceptors (Lipinski definition) is 1. The highest BCUT2D eigenvalue weighted by molar-refractivity contribution is 6.10. The summed E-state index contributed by atoms with van der Waals surface area (Å²) in [7, 11) is 0. The molecule has 0 amide bonds. The molecule has 0 N–H and O–H groups in total. The number of fused-ring (bicyclic) bond motifs is 7. The highest BCUT2D eigenvalue weighted by atomic mass is 15.1. The molecule has 0 aliphatic heterocycles. The normalized spacial score (nSPS) is 12.8. The first kappa shape index (κ1) is 41.5. The van der Waals surface area contributed by atoms with Crippen LogP contribution in [-0.4, -0.2) is 18.7 Å². The van der Waals surface area contributed by atoms with Gasteiger partial charge in [0.2, 0.25) is 0 Å². The van der Waals surface area contributed by atoms with Crippen LogP contribution in [0.3, 0.4) is 0 Å². The second-order valence-electron chi connectivity index (χ2n) is 19.0. The van der Waals surface area contributed by atoms with Crippen molar-refractivity contribution in [3.8, 4) is 39.6 Å². The van der Waals surface area contributed by atoms with Gasteiger partial charge >= 0.3 is 0 Å². The minimum atomic E-state index is 0.384. The van der Waals surface area contributed by atoms with Gasteiger partial charge in [-0.1, -0.05) is 147 Å². The summed E-state index contributed by atoms with van der Waals surface area (Å²) >= 11 is 0. The average molecular weight is 879 g/mol. The van der Waals surface area contributed by atoms with Crippen LogP contribution in [0.25, 0.3) is 94.0 Å². The van der Waals surface area contributed by atoms with Crippen molar-refractivity contribution in [1.29, 1.82) is 0 Å². The second kappa shape index (κ2) is 16.7. The van der Waals surface area contributed by atoms with Crippen LogP contribution in [0.4, 0.5) is 0 Å². The van der Waals surface area contributed by atoms with Crippen molar-refractivity contribution in [2.45, 2.75) is 59.3 Å². The molecule has 9 aromatic carbocycles. The van der Waals surface area contributed by atoms with Crippen LogP contribution in [0.2, 0.25) is 0 Å². The molecule has 2 unspecified atom stereocenters. The zero-order chi connectivity index (χ0) is 46.0. The summed E-state index contributed by atoms with van der Waals surface area (Å²) in [5, 5.41) is 7.65. The fourth-order valence-electron chi connectivity index (χ4n) is 11.4. The van der Waals surface area contributed by atoms with Gasteiger partial charge in [0.05, 0.1) is 27.8 Å². The topological polar surface area (TPSA) is 27.7 Å². The average Bonchev–Trinajstić information content (AvgIpc) is 4.08. The third-order valence-electron chi connectivity index (χ3n) is 14.7. The largest absolute Gasteiger partial charge is 0.309 e. The Labute approximate surface area is 398 Å². The molecule has 12 rings (SSSR count). The fraction of sp³-hybridized carbons (Fsp3) is 0.141. The maximum Gasteiger partial charge on any atom is 0.144 e. The van der Waals surface area contributed by atoms with E-state index in [1.54, 1.807) is 0 Å². The lowest BCUT2D eigenvalue weighted by Gasteiger charge is -2.21. The van der Waals surface area contributed by atoms with E-state index in [1.165, 1.54) is 99.0 Å². The van der Waals surface area contributed by atoms with Gasteiger partial charge in [0, 0.05) is 50.9 Å². The molecule has 0 radical (unpaired) electrons. The van der Waals surface area contributed by atoms with Crippen molar-refractivity contribution in [3.05, 3.63) is 228 Å². The Morgan fingerprint density at radius 1 is 0.471 bits per heavy atom. The van der Waals surface area contributed by atoms with Gasteiger partial charge in [0.1, 0.15) is 5.82 Å². The molecule has 12 aromatic rings. The molecule has 3 heterocycles. The van der Waals surface area contributed by atoms with Crippen LogP contribution >= 0.6 is 0 Å². The van der Waals surface area contributed by atoms with Crippen LogP contribution in [0.1, 0.15) is 66.3 Å². The number of imidazole rings is 1. The highest BCUT2D eigenvalue weighted by Gasteiger charge is 2.20. The van der Waals surface area contributed by atoms with E-state index in [4.69, 9.17) is 4.98 Å². The first-order valence-electron chi connectivity index (χ1n) is 24.2. The summed E-state index contributed by atoms with van der Waals surface area (Å²) in [6.07, 6.45) is 6.17. The van der Waals surface area contributed by atoms with Crippen LogP contribution in [0.15, 0.2) is 200 Å². The Hall–Kier alpha value is -7.95. The summed E-state index contributed by atoms with van der Waals surface area (Å²) in [6.45, 7) is 11.3. The molecule has 0 spiro atoms. The number of aromatic nitrogens is 4. The molecule has 0 bridgehead atoms. The third-order valence-corrected chi connectivity index (χ3v) is 14.7. The van der Waals surface area contributed by atoms with Crippen molar-refractivity contribution >= 4 is 54.4 Å². The Kier molecular flexibility index (Phi) is 10.2. The van der Waals surface area contributed by atoms with Crippen LogP contribution in [-0.2, 0) is 0 Å². The quantitative estimate of drug-likeness (QED) is 0.134. The molecule has 4 nitrogen and oxygen atoms in total. The van der Waals surface area contributed by atoms with E-state index in [2.05, 4.69) is 243 Å². The Morgan fingerprint density at radius 3 is 1.75 bits per heavy atom. The van der Waals surface area contributed by atoms with E-state index in [-0.39, 0.29) is 0 Å². The number of nitrogens with zero attached hydrogens (tertiary/aromatic N) is 4. The molecular weight excluding hydrogens is 825 g/mol. The maximum atomic E-state index is 4.84. The molecule has 4 heteroatoms. The van der Waals surface area contributed by atoms with Gasteiger partial charge in [-0.25, -0.2) is 4.98 Å². The molecule has 68 heavy (non-hydrogen) atoms. The lowest BCUT2D eigenvalue weighted by Crippen LogP contribution is -2.04. The molecule has 2 atom stereocenters. The highest BCUT2D eigenvalue weighted by Crippen LogP contribution is 2.39. The second-order valence-corrected chi connectivity index (χ2v) is 19.0. The van der Waals surface area contributed by atoms with Crippen LogP contribution < -0.4 is 0 Å².